The Morgan fingerprint density at radius 2 is 2.16 bits per heavy atom. The maximum absolute atomic E-state index is 13.7. The Bertz CT molecular complexity index is 572. The van der Waals surface area contributed by atoms with Gasteiger partial charge < -0.3 is 5.73 Å². The summed E-state index contributed by atoms with van der Waals surface area (Å²) in [5.74, 6) is -0.558. The molecule has 0 aliphatic carbocycles. The molecule has 2 atom stereocenters. The third kappa shape index (κ3) is 2.80. The highest BCUT2D eigenvalue weighted by atomic mass is 32.2. The number of nitrogens with two attached hydrogens (primary N) is 1. The quantitative estimate of drug-likeness (QED) is 0.915. The molecule has 2 rings (SSSR count). The lowest BCUT2D eigenvalue weighted by atomic mass is 10.0. The Labute approximate surface area is 113 Å². The van der Waals surface area contributed by atoms with Crippen LogP contribution in [0.15, 0.2) is 23.1 Å². The Kier molecular flexibility index (Phi) is 3.94. The molecule has 1 aromatic rings. The van der Waals surface area contributed by atoms with E-state index in [1.807, 2.05) is 6.92 Å². The van der Waals surface area contributed by atoms with Crippen molar-refractivity contribution in [3.63, 3.8) is 0 Å². The highest BCUT2D eigenvalue weighted by Crippen LogP contribution is 2.27. The van der Waals surface area contributed by atoms with E-state index < -0.39 is 15.8 Å². The van der Waals surface area contributed by atoms with Crippen LogP contribution in [0.2, 0.25) is 0 Å². The summed E-state index contributed by atoms with van der Waals surface area (Å²) in [7, 11) is -3.76. The van der Waals surface area contributed by atoms with Crippen molar-refractivity contribution in [1.29, 1.82) is 0 Å². The summed E-state index contributed by atoms with van der Waals surface area (Å²) < 4.78 is 39.9. The SMILES string of the molecule is Cc1ccc(F)c(S(=O)(=O)N2CCC(C(C)N)C2)c1. The molecule has 2 N–H and O–H groups in total. The van der Waals surface area contributed by atoms with Gasteiger partial charge in [0.15, 0.2) is 0 Å². The summed E-state index contributed by atoms with van der Waals surface area (Å²) in [5, 5.41) is 0. The number of aryl methyl sites for hydroxylation is 1. The van der Waals surface area contributed by atoms with E-state index >= 15 is 0 Å². The zero-order chi connectivity index (χ0) is 14.2. The number of hydrogen-bond donors (Lipinski definition) is 1. The second-order valence-electron chi connectivity index (χ2n) is 5.20. The van der Waals surface area contributed by atoms with Gasteiger partial charge >= 0.3 is 0 Å². The zero-order valence-electron chi connectivity index (χ0n) is 11.1. The van der Waals surface area contributed by atoms with Crippen LogP contribution in [0.1, 0.15) is 18.9 Å². The molecular formula is C13H19FN2O2S. The Morgan fingerprint density at radius 1 is 1.47 bits per heavy atom. The van der Waals surface area contributed by atoms with Crippen LogP contribution in [0, 0.1) is 18.7 Å². The van der Waals surface area contributed by atoms with Crippen LogP contribution in [-0.4, -0.2) is 31.9 Å². The minimum Gasteiger partial charge on any atom is -0.328 e. The lowest BCUT2D eigenvalue weighted by molar-refractivity contribution is 0.426. The average Bonchev–Trinajstić information content (AvgIpc) is 2.82. The van der Waals surface area contributed by atoms with Gasteiger partial charge in [0.2, 0.25) is 10.0 Å². The summed E-state index contributed by atoms with van der Waals surface area (Å²) in [4.78, 5) is -0.238. The standard InChI is InChI=1S/C13H19FN2O2S/c1-9-3-4-12(14)13(7-9)19(17,18)16-6-5-11(8-16)10(2)15/h3-4,7,10-11H,5-6,8,15H2,1-2H3. The first-order chi connectivity index (χ1) is 8.82. The van der Waals surface area contributed by atoms with Crippen molar-refractivity contribution in [3.8, 4) is 0 Å². The van der Waals surface area contributed by atoms with E-state index in [-0.39, 0.29) is 16.9 Å². The summed E-state index contributed by atoms with van der Waals surface area (Å²) in [6.07, 6.45) is 0.727. The molecule has 4 nitrogen and oxygen atoms in total. The maximum atomic E-state index is 13.7. The Morgan fingerprint density at radius 3 is 2.74 bits per heavy atom. The number of rotatable bonds is 3. The number of benzene rings is 1. The van der Waals surface area contributed by atoms with Gasteiger partial charge in [-0.15, -0.1) is 0 Å². The molecular weight excluding hydrogens is 267 g/mol. The summed E-state index contributed by atoms with van der Waals surface area (Å²) >= 11 is 0. The molecule has 0 saturated carbocycles. The highest BCUT2D eigenvalue weighted by Gasteiger charge is 2.35. The summed E-state index contributed by atoms with van der Waals surface area (Å²) in [6, 6.07) is 4.08. The van der Waals surface area contributed by atoms with Crippen LogP contribution in [-0.2, 0) is 10.0 Å². The molecule has 1 aliphatic rings. The molecule has 1 saturated heterocycles. The second kappa shape index (κ2) is 5.19. The van der Waals surface area contributed by atoms with Crippen molar-refractivity contribution in [2.24, 2.45) is 11.7 Å². The lowest BCUT2D eigenvalue weighted by Gasteiger charge is -2.18. The topological polar surface area (TPSA) is 63.4 Å². The maximum Gasteiger partial charge on any atom is 0.246 e. The molecule has 0 radical (unpaired) electrons. The minimum absolute atomic E-state index is 0.0532. The number of hydrogen-bond acceptors (Lipinski definition) is 3. The van der Waals surface area contributed by atoms with Gasteiger partial charge in [0, 0.05) is 19.1 Å². The third-order valence-electron chi connectivity index (χ3n) is 3.64. The van der Waals surface area contributed by atoms with E-state index in [1.165, 1.54) is 16.4 Å². The van der Waals surface area contributed by atoms with Crippen molar-refractivity contribution >= 4 is 10.0 Å². The van der Waals surface area contributed by atoms with E-state index in [0.717, 1.165) is 12.0 Å². The van der Waals surface area contributed by atoms with E-state index in [1.54, 1.807) is 13.0 Å². The third-order valence-corrected chi connectivity index (χ3v) is 5.52. The molecule has 0 amide bonds. The molecule has 0 aromatic heterocycles. The lowest BCUT2D eigenvalue weighted by Crippen LogP contribution is -2.33. The summed E-state index contributed by atoms with van der Waals surface area (Å²) in [6.45, 7) is 4.39. The van der Waals surface area contributed by atoms with E-state index in [2.05, 4.69) is 0 Å². The molecule has 1 heterocycles. The normalized spacial score (nSPS) is 22.6. The largest absolute Gasteiger partial charge is 0.328 e. The van der Waals surface area contributed by atoms with Crippen LogP contribution in [0.25, 0.3) is 0 Å². The predicted molar refractivity (Wildman–Crippen MR) is 71.7 cm³/mol. The van der Waals surface area contributed by atoms with Crippen molar-refractivity contribution in [2.45, 2.75) is 31.2 Å². The van der Waals surface area contributed by atoms with E-state index in [4.69, 9.17) is 5.73 Å². The first kappa shape index (κ1) is 14.4. The Hall–Kier alpha value is -0.980. The molecule has 19 heavy (non-hydrogen) atoms. The van der Waals surface area contributed by atoms with Gasteiger partial charge in [-0.3, -0.25) is 0 Å². The van der Waals surface area contributed by atoms with Crippen LogP contribution in [0.4, 0.5) is 4.39 Å². The molecule has 106 valence electrons. The summed E-state index contributed by atoms with van der Waals surface area (Å²) in [5.41, 5.74) is 6.53. The fourth-order valence-electron chi connectivity index (χ4n) is 2.35. The van der Waals surface area contributed by atoms with Gasteiger partial charge in [0.05, 0.1) is 0 Å². The number of sulfonamides is 1. The van der Waals surface area contributed by atoms with Gasteiger partial charge in [-0.2, -0.15) is 4.31 Å². The van der Waals surface area contributed by atoms with Crippen molar-refractivity contribution in [2.75, 3.05) is 13.1 Å². The van der Waals surface area contributed by atoms with Gasteiger partial charge in [-0.25, -0.2) is 12.8 Å². The zero-order valence-corrected chi connectivity index (χ0v) is 12.0. The van der Waals surface area contributed by atoms with Crippen molar-refractivity contribution in [1.82, 2.24) is 4.31 Å². The smallest absolute Gasteiger partial charge is 0.246 e. The number of nitrogens with zero attached hydrogens (tertiary/aromatic N) is 1. The van der Waals surface area contributed by atoms with Gasteiger partial charge in [-0.1, -0.05) is 6.07 Å². The molecule has 1 aromatic carbocycles. The van der Waals surface area contributed by atoms with Crippen molar-refractivity contribution in [3.05, 3.63) is 29.6 Å². The van der Waals surface area contributed by atoms with E-state index in [0.29, 0.717) is 13.1 Å². The highest BCUT2D eigenvalue weighted by molar-refractivity contribution is 7.89. The molecule has 6 heteroatoms. The first-order valence-electron chi connectivity index (χ1n) is 6.34. The molecule has 2 unspecified atom stereocenters. The minimum atomic E-state index is -3.76. The van der Waals surface area contributed by atoms with Crippen LogP contribution in [0.3, 0.4) is 0 Å². The first-order valence-corrected chi connectivity index (χ1v) is 7.78. The fourth-order valence-corrected chi connectivity index (χ4v) is 4.01. The predicted octanol–water partition coefficient (Wildman–Crippen LogP) is 1.49. The average molecular weight is 286 g/mol. The van der Waals surface area contributed by atoms with Gasteiger partial charge in [0.25, 0.3) is 0 Å². The molecule has 1 aliphatic heterocycles. The van der Waals surface area contributed by atoms with Gasteiger partial charge in [0.1, 0.15) is 10.7 Å². The monoisotopic (exact) mass is 286 g/mol. The van der Waals surface area contributed by atoms with Gasteiger partial charge in [-0.05, 0) is 43.9 Å². The van der Waals surface area contributed by atoms with E-state index in [9.17, 15) is 12.8 Å². The van der Waals surface area contributed by atoms with Crippen LogP contribution < -0.4 is 5.73 Å². The second-order valence-corrected chi connectivity index (χ2v) is 7.11. The molecule has 1 fully saturated rings. The number of halogens is 1. The van der Waals surface area contributed by atoms with Crippen LogP contribution in [0.5, 0.6) is 0 Å². The Balaban J connectivity index is 2.31. The molecule has 0 spiro atoms. The van der Waals surface area contributed by atoms with Crippen molar-refractivity contribution < 1.29 is 12.8 Å². The van der Waals surface area contributed by atoms with Crippen LogP contribution >= 0.6 is 0 Å². The fraction of sp³-hybridized carbons (Fsp3) is 0.538. The molecule has 0 bridgehead atoms.